The molecule has 5 nitrogen and oxygen atoms in total. The van der Waals surface area contributed by atoms with Crippen molar-refractivity contribution in [3.05, 3.63) is 0 Å². The fraction of sp³-hybridized carbons (Fsp3) is 0.933. The van der Waals surface area contributed by atoms with Gasteiger partial charge in [-0.05, 0) is 39.0 Å². The van der Waals surface area contributed by atoms with Crippen LogP contribution in [-0.2, 0) is 4.74 Å². The zero-order chi connectivity index (χ0) is 13.9. The van der Waals surface area contributed by atoms with E-state index in [1.54, 1.807) is 0 Å². The molecule has 2 heterocycles. The maximum Gasteiger partial charge on any atom is 0.191 e. The number of aliphatic hydroxyl groups is 1. The summed E-state index contributed by atoms with van der Waals surface area (Å²) in [5.74, 6) is 1.22. The number of fused-ring (bicyclic) bond motifs is 2. The lowest BCUT2D eigenvalue weighted by atomic mass is 9.96. The number of guanidine groups is 1. The number of ether oxygens (including phenoxy) is 1. The molecule has 0 aromatic heterocycles. The molecule has 1 saturated carbocycles. The van der Waals surface area contributed by atoms with Crippen molar-refractivity contribution in [3.8, 4) is 0 Å². The molecule has 5 unspecified atom stereocenters. The van der Waals surface area contributed by atoms with Crippen molar-refractivity contribution in [2.45, 2.75) is 69.8 Å². The third kappa shape index (κ3) is 4.22. The van der Waals surface area contributed by atoms with Crippen LogP contribution < -0.4 is 10.6 Å². The minimum Gasteiger partial charge on any atom is -0.393 e. The van der Waals surface area contributed by atoms with E-state index in [0.29, 0.717) is 24.2 Å². The Morgan fingerprint density at radius 1 is 1.29 bits per heavy atom. The van der Waals surface area contributed by atoms with E-state index in [0.717, 1.165) is 44.7 Å². The lowest BCUT2D eigenvalue weighted by molar-refractivity contribution is 0.0992. The summed E-state index contributed by atoms with van der Waals surface area (Å²) >= 11 is 0. The average Bonchev–Trinajstić information content (AvgIpc) is 3.13. The summed E-state index contributed by atoms with van der Waals surface area (Å²) in [7, 11) is 0. The van der Waals surface area contributed by atoms with Gasteiger partial charge in [0.15, 0.2) is 5.96 Å². The molecule has 0 radical (unpaired) electrons. The fourth-order valence-corrected chi connectivity index (χ4v) is 3.72. The highest BCUT2D eigenvalue weighted by Gasteiger charge is 2.41. The standard InChI is InChI=1S/C15H27N3O2.HI/c1-2-16-15(17-9-10-4-3-5-13(10)19)18-12-8-11-6-7-14(12)20-11;/h10-14,19H,2-9H2,1H3,(H2,16,17,18);1H. The van der Waals surface area contributed by atoms with Crippen molar-refractivity contribution in [2.24, 2.45) is 10.9 Å². The number of nitrogens with zero attached hydrogens (tertiary/aromatic N) is 1. The van der Waals surface area contributed by atoms with Gasteiger partial charge in [0.1, 0.15) is 0 Å². The highest BCUT2D eigenvalue weighted by Crippen LogP contribution is 2.34. The maximum absolute atomic E-state index is 9.87. The molecule has 3 N–H and O–H groups in total. The van der Waals surface area contributed by atoms with Crippen molar-refractivity contribution < 1.29 is 9.84 Å². The van der Waals surface area contributed by atoms with Gasteiger partial charge < -0.3 is 20.5 Å². The molecule has 2 bridgehead atoms. The van der Waals surface area contributed by atoms with Gasteiger partial charge in [-0.3, -0.25) is 4.99 Å². The van der Waals surface area contributed by atoms with Gasteiger partial charge in [0.05, 0.1) is 24.4 Å². The Bertz CT molecular complexity index is 367. The summed E-state index contributed by atoms with van der Waals surface area (Å²) in [6.45, 7) is 3.66. The second-order valence-electron chi connectivity index (χ2n) is 6.34. The minimum absolute atomic E-state index is 0. The van der Waals surface area contributed by atoms with Crippen LogP contribution >= 0.6 is 24.0 Å². The molecule has 3 aliphatic rings. The predicted molar refractivity (Wildman–Crippen MR) is 94.2 cm³/mol. The highest BCUT2D eigenvalue weighted by molar-refractivity contribution is 14.0. The summed E-state index contributed by atoms with van der Waals surface area (Å²) in [5.41, 5.74) is 0. The number of halogens is 1. The van der Waals surface area contributed by atoms with Crippen molar-refractivity contribution in [1.29, 1.82) is 0 Å². The Balaban J connectivity index is 0.00000161. The van der Waals surface area contributed by atoms with E-state index in [2.05, 4.69) is 22.5 Å². The molecule has 0 aromatic rings. The van der Waals surface area contributed by atoms with E-state index in [-0.39, 0.29) is 30.1 Å². The van der Waals surface area contributed by atoms with Crippen LogP contribution in [0.5, 0.6) is 0 Å². The molecule has 0 aromatic carbocycles. The van der Waals surface area contributed by atoms with Crippen LogP contribution in [0.3, 0.4) is 0 Å². The summed E-state index contributed by atoms with van der Waals surface area (Å²) < 4.78 is 5.87. The number of rotatable bonds is 4. The second kappa shape index (κ2) is 7.97. The van der Waals surface area contributed by atoms with E-state index < -0.39 is 0 Å². The Kier molecular flexibility index (Phi) is 6.55. The van der Waals surface area contributed by atoms with Crippen molar-refractivity contribution >= 4 is 29.9 Å². The molecule has 0 spiro atoms. The van der Waals surface area contributed by atoms with E-state index in [1.807, 2.05) is 0 Å². The van der Waals surface area contributed by atoms with Crippen LogP contribution in [0.1, 0.15) is 45.4 Å². The smallest absolute Gasteiger partial charge is 0.191 e. The number of aliphatic hydroxyl groups excluding tert-OH is 1. The first-order chi connectivity index (χ1) is 9.76. The first-order valence-corrected chi connectivity index (χ1v) is 8.14. The van der Waals surface area contributed by atoms with Crippen LogP contribution in [-0.4, -0.2) is 48.5 Å². The molecular formula is C15H28IN3O2. The molecule has 2 aliphatic heterocycles. The molecular weight excluding hydrogens is 381 g/mol. The van der Waals surface area contributed by atoms with Gasteiger partial charge in [-0.15, -0.1) is 24.0 Å². The zero-order valence-electron chi connectivity index (χ0n) is 12.8. The molecule has 3 fully saturated rings. The molecule has 1 aliphatic carbocycles. The monoisotopic (exact) mass is 409 g/mol. The Morgan fingerprint density at radius 2 is 2.14 bits per heavy atom. The minimum atomic E-state index is -0.160. The highest BCUT2D eigenvalue weighted by atomic mass is 127. The third-order valence-corrected chi connectivity index (χ3v) is 4.88. The molecule has 5 atom stereocenters. The van der Waals surface area contributed by atoms with E-state index in [1.165, 1.54) is 12.8 Å². The second-order valence-corrected chi connectivity index (χ2v) is 6.34. The van der Waals surface area contributed by atoms with Crippen LogP contribution in [0.2, 0.25) is 0 Å². The van der Waals surface area contributed by atoms with Gasteiger partial charge in [-0.2, -0.15) is 0 Å². The number of nitrogens with one attached hydrogen (secondary N) is 2. The van der Waals surface area contributed by atoms with E-state index in [4.69, 9.17) is 4.74 Å². The van der Waals surface area contributed by atoms with Gasteiger partial charge >= 0.3 is 0 Å². The number of aliphatic imine (C=N–C) groups is 1. The van der Waals surface area contributed by atoms with Gasteiger partial charge in [0.2, 0.25) is 0 Å². The quantitative estimate of drug-likeness (QED) is 0.375. The molecule has 0 amide bonds. The van der Waals surface area contributed by atoms with Crippen LogP contribution in [0.4, 0.5) is 0 Å². The van der Waals surface area contributed by atoms with Crippen LogP contribution in [0, 0.1) is 5.92 Å². The van der Waals surface area contributed by atoms with Gasteiger partial charge in [0, 0.05) is 19.0 Å². The predicted octanol–water partition coefficient (Wildman–Crippen LogP) is 1.64. The first kappa shape index (κ1) is 17.3. The first-order valence-electron chi connectivity index (χ1n) is 8.14. The lowest BCUT2D eigenvalue weighted by Gasteiger charge is -2.23. The molecule has 3 rings (SSSR count). The van der Waals surface area contributed by atoms with Crippen molar-refractivity contribution in [3.63, 3.8) is 0 Å². The summed E-state index contributed by atoms with van der Waals surface area (Å²) in [6, 6.07) is 0.403. The fourth-order valence-electron chi connectivity index (χ4n) is 3.72. The third-order valence-electron chi connectivity index (χ3n) is 4.88. The number of hydrogen-bond donors (Lipinski definition) is 3. The topological polar surface area (TPSA) is 65.9 Å². The molecule has 2 saturated heterocycles. The lowest BCUT2D eigenvalue weighted by Crippen LogP contribution is -2.47. The number of hydrogen-bond acceptors (Lipinski definition) is 3. The molecule has 6 heteroatoms. The summed E-state index contributed by atoms with van der Waals surface area (Å²) in [4.78, 5) is 4.67. The largest absolute Gasteiger partial charge is 0.393 e. The van der Waals surface area contributed by atoms with Crippen molar-refractivity contribution in [1.82, 2.24) is 10.6 Å². The summed E-state index contributed by atoms with van der Waals surface area (Å²) in [6.07, 6.45) is 7.30. The summed E-state index contributed by atoms with van der Waals surface area (Å²) in [5, 5.41) is 16.7. The normalized spacial score (nSPS) is 38.4. The van der Waals surface area contributed by atoms with Gasteiger partial charge in [0.25, 0.3) is 0 Å². The Hall–Kier alpha value is -0.0800. The Labute approximate surface area is 144 Å². The average molecular weight is 409 g/mol. The van der Waals surface area contributed by atoms with Gasteiger partial charge in [-0.1, -0.05) is 6.42 Å². The molecule has 122 valence electrons. The zero-order valence-corrected chi connectivity index (χ0v) is 15.1. The van der Waals surface area contributed by atoms with Gasteiger partial charge in [-0.25, -0.2) is 0 Å². The van der Waals surface area contributed by atoms with E-state index >= 15 is 0 Å². The van der Waals surface area contributed by atoms with Crippen LogP contribution in [0.15, 0.2) is 4.99 Å². The molecule has 21 heavy (non-hydrogen) atoms. The van der Waals surface area contributed by atoms with Crippen LogP contribution in [0.25, 0.3) is 0 Å². The SMILES string of the molecule is CCNC(=NCC1CCCC1O)NC1CC2CCC1O2.I. The van der Waals surface area contributed by atoms with E-state index in [9.17, 15) is 5.11 Å². The Morgan fingerprint density at radius 3 is 2.71 bits per heavy atom. The maximum atomic E-state index is 9.87. The van der Waals surface area contributed by atoms with Crippen molar-refractivity contribution in [2.75, 3.05) is 13.1 Å².